The zero-order chi connectivity index (χ0) is 27.4. The maximum Gasteiger partial charge on any atom is 0.573 e. The van der Waals surface area contributed by atoms with Gasteiger partial charge in [0.25, 0.3) is 5.91 Å². The van der Waals surface area contributed by atoms with E-state index in [1.165, 1.54) is 12.1 Å². The van der Waals surface area contributed by atoms with Crippen molar-refractivity contribution >= 4 is 46.7 Å². The second kappa shape index (κ2) is 9.96. The number of anilines is 1. The Hall–Kier alpha value is -2.98. The summed E-state index contributed by atoms with van der Waals surface area (Å²) in [6.45, 7) is 0. The number of nitrogens with zero attached hydrogens (tertiary/aromatic N) is 2. The molecule has 2 aliphatic carbocycles. The van der Waals surface area contributed by atoms with Crippen molar-refractivity contribution in [1.82, 2.24) is 4.90 Å². The predicted octanol–water partition coefficient (Wildman–Crippen LogP) is 6.23. The summed E-state index contributed by atoms with van der Waals surface area (Å²) in [6.07, 6.45) is -2.27. The van der Waals surface area contributed by atoms with Gasteiger partial charge in [0.05, 0.1) is 28.2 Å². The number of carboxylic acid groups (broad SMARTS) is 1. The molecule has 0 bridgehead atoms. The van der Waals surface area contributed by atoms with Gasteiger partial charge in [0.2, 0.25) is 5.91 Å². The number of carboxylic acids is 1. The molecular formula is C26H23Cl2F3N2O5. The van der Waals surface area contributed by atoms with Crippen LogP contribution in [0.1, 0.15) is 60.5 Å². The minimum atomic E-state index is -4.85. The predicted molar refractivity (Wildman–Crippen MR) is 132 cm³/mol. The molecular weight excluding hydrogens is 548 g/mol. The highest BCUT2D eigenvalue weighted by Crippen LogP contribution is 2.55. The van der Waals surface area contributed by atoms with Crippen LogP contribution in [-0.4, -0.2) is 46.2 Å². The van der Waals surface area contributed by atoms with Crippen molar-refractivity contribution in [3.63, 3.8) is 0 Å². The molecule has 3 unspecified atom stereocenters. The molecule has 1 N–H and O–H groups in total. The monoisotopic (exact) mass is 570 g/mol. The van der Waals surface area contributed by atoms with E-state index in [4.69, 9.17) is 28.3 Å². The van der Waals surface area contributed by atoms with E-state index in [1.807, 2.05) is 0 Å². The summed E-state index contributed by atoms with van der Waals surface area (Å²) in [7, 11) is 0. The number of amides is 2. The molecule has 3 aliphatic rings. The van der Waals surface area contributed by atoms with E-state index in [0.29, 0.717) is 17.7 Å². The van der Waals surface area contributed by atoms with Crippen LogP contribution in [0.2, 0.25) is 10.0 Å². The van der Waals surface area contributed by atoms with Crippen LogP contribution in [0.15, 0.2) is 36.4 Å². The van der Waals surface area contributed by atoms with Crippen LogP contribution in [0, 0.1) is 5.92 Å². The second-order valence-corrected chi connectivity index (χ2v) is 10.6. The molecule has 2 fully saturated rings. The molecule has 7 nitrogen and oxygen atoms in total. The van der Waals surface area contributed by atoms with Gasteiger partial charge in [-0.1, -0.05) is 23.2 Å². The molecule has 202 valence electrons. The fourth-order valence-corrected chi connectivity index (χ4v) is 5.77. The quantitative estimate of drug-likeness (QED) is 0.426. The van der Waals surface area contributed by atoms with Gasteiger partial charge >= 0.3 is 12.3 Å². The first-order valence-corrected chi connectivity index (χ1v) is 12.9. The normalized spacial score (nSPS) is 22.1. The van der Waals surface area contributed by atoms with Crippen molar-refractivity contribution in [2.24, 2.45) is 5.92 Å². The van der Waals surface area contributed by atoms with Gasteiger partial charge in [0, 0.05) is 35.5 Å². The zero-order valence-corrected chi connectivity index (χ0v) is 21.4. The molecule has 0 radical (unpaired) electrons. The molecule has 0 saturated heterocycles. The Labute approximate surface area is 226 Å². The van der Waals surface area contributed by atoms with Crippen LogP contribution in [0.3, 0.4) is 0 Å². The van der Waals surface area contributed by atoms with Gasteiger partial charge in [0.15, 0.2) is 0 Å². The first-order valence-electron chi connectivity index (χ1n) is 12.2. The van der Waals surface area contributed by atoms with Gasteiger partial charge in [-0.15, -0.1) is 13.2 Å². The number of alkyl halides is 3. The number of rotatable bonds is 7. The largest absolute Gasteiger partial charge is 0.573 e. The van der Waals surface area contributed by atoms with E-state index in [2.05, 4.69) is 4.74 Å². The molecule has 5 rings (SSSR count). The lowest BCUT2D eigenvalue weighted by molar-refractivity contribution is -0.274. The van der Waals surface area contributed by atoms with Crippen LogP contribution < -0.4 is 9.64 Å². The first kappa shape index (κ1) is 26.6. The van der Waals surface area contributed by atoms with Gasteiger partial charge in [-0.2, -0.15) is 0 Å². The van der Waals surface area contributed by atoms with E-state index in [9.17, 15) is 27.6 Å². The smallest absolute Gasteiger partial charge is 0.481 e. The van der Waals surface area contributed by atoms with Crippen molar-refractivity contribution < 1.29 is 37.4 Å². The number of ether oxygens (including phenoxy) is 1. The van der Waals surface area contributed by atoms with Crippen LogP contribution in [0.5, 0.6) is 5.75 Å². The van der Waals surface area contributed by atoms with Gasteiger partial charge in [-0.05, 0) is 62.1 Å². The number of fused-ring (bicyclic) bond motifs is 2. The average molecular weight is 571 g/mol. The summed E-state index contributed by atoms with van der Waals surface area (Å²) in [5.41, 5.74) is 1.28. The van der Waals surface area contributed by atoms with Crippen molar-refractivity contribution in [2.45, 2.75) is 63.0 Å². The van der Waals surface area contributed by atoms with E-state index < -0.39 is 30.0 Å². The molecule has 0 spiro atoms. The number of benzene rings is 2. The number of hydrogen-bond acceptors (Lipinski definition) is 4. The van der Waals surface area contributed by atoms with Gasteiger partial charge in [-0.3, -0.25) is 14.4 Å². The summed E-state index contributed by atoms with van der Waals surface area (Å²) in [5, 5.41) is 9.57. The zero-order valence-electron chi connectivity index (χ0n) is 19.9. The van der Waals surface area contributed by atoms with Gasteiger partial charge < -0.3 is 19.6 Å². The third kappa shape index (κ3) is 5.16. The highest BCUT2D eigenvalue weighted by molar-refractivity contribution is 6.42. The van der Waals surface area contributed by atoms with Gasteiger partial charge in [0.1, 0.15) is 5.75 Å². The molecule has 2 aromatic carbocycles. The third-order valence-corrected chi connectivity index (χ3v) is 8.03. The lowest BCUT2D eigenvalue weighted by Crippen LogP contribution is -2.59. The highest BCUT2D eigenvalue weighted by Gasteiger charge is 2.53. The lowest BCUT2D eigenvalue weighted by atomic mass is 9.67. The summed E-state index contributed by atoms with van der Waals surface area (Å²) in [4.78, 5) is 41.5. The highest BCUT2D eigenvalue weighted by atomic mass is 35.5. The summed E-state index contributed by atoms with van der Waals surface area (Å²) >= 11 is 12.7. The molecule has 2 amide bonds. The minimum absolute atomic E-state index is 0.0201. The fraction of sp³-hybridized carbons (Fsp3) is 0.423. The summed E-state index contributed by atoms with van der Waals surface area (Å²) in [6, 6.07) is 7.22. The SMILES string of the molecule is O=C(O)CCC(=O)N(C1CC1)C1c2cc(Cl)c(Cl)cc2N(C(=O)c2ccc(OC(F)(F)F)cc2)C2CCC21. The summed E-state index contributed by atoms with van der Waals surface area (Å²) in [5.74, 6) is -2.30. The van der Waals surface area contributed by atoms with Crippen LogP contribution in [0.4, 0.5) is 18.9 Å². The van der Waals surface area contributed by atoms with Crippen molar-refractivity contribution in [3.8, 4) is 5.75 Å². The van der Waals surface area contributed by atoms with Gasteiger partial charge in [-0.25, -0.2) is 0 Å². The fourth-order valence-electron chi connectivity index (χ4n) is 5.44. The van der Waals surface area contributed by atoms with Crippen LogP contribution in [-0.2, 0) is 9.59 Å². The van der Waals surface area contributed by atoms with Crippen molar-refractivity contribution in [2.75, 3.05) is 4.90 Å². The Kier molecular flexibility index (Phi) is 6.98. The average Bonchev–Trinajstić information content (AvgIpc) is 3.65. The van der Waals surface area contributed by atoms with Crippen LogP contribution >= 0.6 is 23.2 Å². The lowest BCUT2D eigenvalue weighted by Gasteiger charge is -2.55. The van der Waals surface area contributed by atoms with Crippen molar-refractivity contribution in [1.29, 1.82) is 0 Å². The Morgan fingerprint density at radius 1 is 1.00 bits per heavy atom. The standard InChI is InChI=1S/C26H23Cl2F3N2O5/c27-18-11-17-21(12-19(18)28)33(25(37)13-1-5-15(6-2-13)38-26(29,30)31)20-8-7-16(20)24(17)32(14-3-4-14)22(34)9-10-23(35)36/h1-2,5-6,11-12,14,16,20,24H,3-4,7-10H2,(H,35,36). The maximum absolute atomic E-state index is 13.7. The molecule has 12 heteroatoms. The van der Waals surface area contributed by atoms with E-state index >= 15 is 0 Å². The number of hydrogen-bond donors (Lipinski definition) is 1. The Bertz CT molecular complexity index is 1280. The Morgan fingerprint density at radius 3 is 2.21 bits per heavy atom. The maximum atomic E-state index is 13.7. The second-order valence-electron chi connectivity index (χ2n) is 9.75. The van der Waals surface area contributed by atoms with Crippen LogP contribution in [0.25, 0.3) is 0 Å². The molecule has 1 heterocycles. The molecule has 2 saturated carbocycles. The molecule has 2 aromatic rings. The number of aliphatic carboxylic acids is 1. The number of carbonyl (C=O) groups excluding carboxylic acids is 2. The topological polar surface area (TPSA) is 87.2 Å². The van der Waals surface area contributed by atoms with E-state index in [0.717, 1.165) is 31.4 Å². The third-order valence-electron chi connectivity index (χ3n) is 7.31. The van der Waals surface area contributed by atoms with Crippen molar-refractivity contribution in [3.05, 3.63) is 57.6 Å². The Morgan fingerprint density at radius 2 is 1.66 bits per heavy atom. The molecule has 0 aromatic heterocycles. The number of carbonyl (C=O) groups is 3. The van der Waals surface area contributed by atoms with E-state index in [1.54, 1.807) is 21.9 Å². The molecule has 1 aliphatic heterocycles. The first-order chi connectivity index (χ1) is 17.9. The molecule has 3 atom stereocenters. The Balaban J connectivity index is 1.52. The minimum Gasteiger partial charge on any atom is -0.481 e. The molecule has 38 heavy (non-hydrogen) atoms. The summed E-state index contributed by atoms with van der Waals surface area (Å²) < 4.78 is 41.6. The van der Waals surface area contributed by atoms with E-state index in [-0.39, 0.29) is 52.4 Å². The number of halogens is 5.